The second kappa shape index (κ2) is 10.9. The van der Waals surface area contributed by atoms with Gasteiger partial charge in [-0.2, -0.15) is 0 Å². The van der Waals surface area contributed by atoms with Gasteiger partial charge in [-0.15, -0.1) is 0 Å². The van der Waals surface area contributed by atoms with Crippen LogP contribution in [-0.4, -0.2) is 31.7 Å². The first-order chi connectivity index (χ1) is 13.0. The highest BCUT2D eigenvalue weighted by molar-refractivity contribution is 7.99. The molecule has 1 aliphatic heterocycles. The zero-order valence-electron chi connectivity index (χ0n) is 17.2. The van der Waals surface area contributed by atoms with Crippen molar-refractivity contribution in [1.29, 1.82) is 0 Å². The number of rotatable bonds is 8. The molecule has 0 N–H and O–H groups in total. The van der Waals surface area contributed by atoms with E-state index in [1.54, 1.807) is 0 Å². The van der Waals surface area contributed by atoms with Gasteiger partial charge in [-0.05, 0) is 53.8 Å². The van der Waals surface area contributed by atoms with Gasteiger partial charge in [-0.1, -0.05) is 67.4 Å². The molecule has 4 heteroatoms. The summed E-state index contributed by atoms with van der Waals surface area (Å²) in [7, 11) is 4.72. The van der Waals surface area contributed by atoms with Gasteiger partial charge in [0.2, 0.25) is 0 Å². The van der Waals surface area contributed by atoms with Crippen LogP contribution in [-0.2, 0) is 0 Å². The molecule has 0 atom stereocenters. The molecule has 28 heavy (non-hydrogen) atoms. The largest absolute Gasteiger partial charge is 1.00 e. The summed E-state index contributed by atoms with van der Waals surface area (Å²) in [5.74, 6) is 0. The topological polar surface area (TPSA) is 0 Å². The molecule has 0 unspecified atom stereocenters. The molecular formula is C24H31BrClNS. The van der Waals surface area contributed by atoms with E-state index in [1.165, 1.54) is 65.3 Å². The molecule has 0 spiro atoms. The van der Waals surface area contributed by atoms with E-state index >= 15 is 0 Å². The first kappa shape index (κ1) is 23.5. The van der Waals surface area contributed by atoms with Crippen molar-refractivity contribution in [2.24, 2.45) is 0 Å². The SMILES string of the molecule is CCCCCC[N+](C)(C)CC/C=C1/c2ccccc2Sc2ccc(Cl)cc21.[Br-]. The fraction of sp³-hybridized carbons (Fsp3) is 0.417. The summed E-state index contributed by atoms with van der Waals surface area (Å²) in [6.07, 6.45) is 8.86. The van der Waals surface area contributed by atoms with Crippen molar-refractivity contribution < 1.29 is 21.5 Å². The minimum Gasteiger partial charge on any atom is -1.00 e. The Morgan fingerprint density at radius 3 is 2.46 bits per heavy atom. The molecule has 0 amide bonds. The standard InChI is InChI=1S/C24H31ClNS.BrH/c1-4-5-6-9-16-26(2,3)17-10-12-20-21-11-7-8-13-23(21)27-24-15-14-19(25)18-22(20)24;/h7-8,11-15,18H,4-6,9-10,16-17H2,1-3H3;1H/q+1;/p-1/b20-12-;. The van der Waals surface area contributed by atoms with Gasteiger partial charge in [0.25, 0.3) is 0 Å². The van der Waals surface area contributed by atoms with Gasteiger partial charge >= 0.3 is 0 Å². The third-order valence-corrected chi connectivity index (χ3v) is 6.72. The van der Waals surface area contributed by atoms with E-state index in [0.29, 0.717) is 0 Å². The number of halogens is 2. The normalized spacial score (nSPS) is 14.4. The van der Waals surface area contributed by atoms with Gasteiger partial charge < -0.3 is 21.5 Å². The molecule has 0 saturated heterocycles. The smallest absolute Gasteiger partial charge is 0.0817 e. The van der Waals surface area contributed by atoms with Gasteiger partial charge in [0, 0.05) is 21.2 Å². The van der Waals surface area contributed by atoms with Crippen molar-refractivity contribution in [1.82, 2.24) is 0 Å². The number of unbranched alkanes of at least 4 members (excludes halogenated alkanes) is 3. The minimum absolute atomic E-state index is 0. The van der Waals surface area contributed by atoms with Crippen molar-refractivity contribution in [3.8, 4) is 0 Å². The lowest BCUT2D eigenvalue weighted by Gasteiger charge is -2.30. The molecule has 0 radical (unpaired) electrons. The molecular weight excluding hydrogens is 450 g/mol. The maximum Gasteiger partial charge on any atom is 0.0817 e. The van der Waals surface area contributed by atoms with Gasteiger partial charge in [-0.25, -0.2) is 0 Å². The Hall–Kier alpha value is -0.740. The van der Waals surface area contributed by atoms with Crippen molar-refractivity contribution in [2.45, 2.75) is 48.8 Å². The summed E-state index contributed by atoms with van der Waals surface area (Å²) in [6.45, 7) is 4.70. The van der Waals surface area contributed by atoms with Crippen LogP contribution >= 0.6 is 23.4 Å². The first-order valence-corrected chi connectivity index (χ1v) is 11.3. The lowest BCUT2D eigenvalue weighted by Crippen LogP contribution is -3.00. The van der Waals surface area contributed by atoms with E-state index in [-0.39, 0.29) is 17.0 Å². The van der Waals surface area contributed by atoms with E-state index in [2.05, 4.69) is 63.5 Å². The Morgan fingerprint density at radius 2 is 1.68 bits per heavy atom. The number of hydrogen-bond donors (Lipinski definition) is 0. The van der Waals surface area contributed by atoms with Crippen LogP contribution in [0.15, 0.2) is 58.3 Å². The van der Waals surface area contributed by atoms with Crippen LogP contribution in [0.5, 0.6) is 0 Å². The average molecular weight is 481 g/mol. The first-order valence-electron chi connectivity index (χ1n) is 10.1. The van der Waals surface area contributed by atoms with Gasteiger partial charge in [0.1, 0.15) is 0 Å². The molecule has 0 aromatic heterocycles. The number of hydrogen-bond acceptors (Lipinski definition) is 1. The highest BCUT2D eigenvalue weighted by Gasteiger charge is 2.21. The summed E-state index contributed by atoms with van der Waals surface area (Å²) >= 11 is 8.17. The van der Waals surface area contributed by atoms with Crippen LogP contribution in [0.3, 0.4) is 0 Å². The summed E-state index contributed by atoms with van der Waals surface area (Å²) in [5, 5.41) is 0.812. The molecule has 1 heterocycles. The third-order valence-electron chi connectivity index (χ3n) is 5.33. The molecule has 0 saturated carbocycles. The summed E-state index contributed by atoms with van der Waals surface area (Å²) in [5.41, 5.74) is 3.96. The molecule has 152 valence electrons. The van der Waals surface area contributed by atoms with Gasteiger partial charge in [0.15, 0.2) is 0 Å². The Labute approximate surface area is 190 Å². The highest BCUT2D eigenvalue weighted by atomic mass is 79.9. The molecule has 2 aromatic rings. The minimum atomic E-state index is 0. The maximum absolute atomic E-state index is 6.32. The fourth-order valence-electron chi connectivity index (χ4n) is 3.70. The predicted octanol–water partition coefficient (Wildman–Crippen LogP) is 4.29. The molecule has 0 fully saturated rings. The van der Waals surface area contributed by atoms with E-state index < -0.39 is 0 Å². The van der Waals surface area contributed by atoms with Crippen LogP contribution in [0.25, 0.3) is 5.57 Å². The van der Waals surface area contributed by atoms with E-state index in [9.17, 15) is 0 Å². The Bertz CT molecular complexity index is 816. The highest BCUT2D eigenvalue weighted by Crippen LogP contribution is 2.46. The molecule has 1 nitrogen and oxygen atoms in total. The average Bonchev–Trinajstić information content (AvgIpc) is 2.65. The fourth-order valence-corrected chi connectivity index (χ4v) is 4.96. The van der Waals surface area contributed by atoms with Crippen molar-refractivity contribution >= 4 is 28.9 Å². The van der Waals surface area contributed by atoms with Crippen LogP contribution in [0.1, 0.15) is 50.2 Å². The van der Waals surface area contributed by atoms with Crippen LogP contribution in [0.4, 0.5) is 0 Å². The Kier molecular flexibility index (Phi) is 9.14. The van der Waals surface area contributed by atoms with Crippen LogP contribution < -0.4 is 17.0 Å². The number of benzene rings is 2. The second-order valence-electron chi connectivity index (χ2n) is 8.09. The quantitative estimate of drug-likeness (QED) is 0.342. The summed E-state index contributed by atoms with van der Waals surface area (Å²) < 4.78 is 1.09. The van der Waals surface area contributed by atoms with Crippen LogP contribution in [0, 0.1) is 0 Å². The second-order valence-corrected chi connectivity index (χ2v) is 9.61. The predicted molar refractivity (Wildman–Crippen MR) is 120 cm³/mol. The van der Waals surface area contributed by atoms with Gasteiger partial charge in [0.05, 0.1) is 27.2 Å². The lowest BCUT2D eigenvalue weighted by atomic mass is 9.96. The monoisotopic (exact) mass is 479 g/mol. The lowest BCUT2D eigenvalue weighted by molar-refractivity contribution is -0.890. The molecule has 0 aliphatic carbocycles. The summed E-state index contributed by atoms with van der Waals surface area (Å²) in [4.78, 5) is 2.64. The van der Waals surface area contributed by atoms with E-state index in [4.69, 9.17) is 11.6 Å². The zero-order valence-corrected chi connectivity index (χ0v) is 20.3. The maximum atomic E-state index is 6.32. The van der Waals surface area contributed by atoms with E-state index in [0.717, 1.165) is 15.9 Å². The molecule has 1 aliphatic rings. The Morgan fingerprint density at radius 1 is 0.929 bits per heavy atom. The van der Waals surface area contributed by atoms with Gasteiger partial charge in [-0.3, -0.25) is 0 Å². The van der Waals surface area contributed by atoms with Crippen molar-refractivity contribution in [3.63, 3.8) is 0 Å². The van der Waals surface area contributed by atoms with Crippen LogP contribution in [0.2, 0.25) is 5.02 Å². The number of nitrogens with zero attached hydrogens (tertiary/aromatic N) is 1. The summed E-state index contributed by atoms with van der Waals surface area (Å²) in [6, 6.07) is 15.0. The van der Waals surface area contributed by atoms with E-state index in [1.807, 2.05) is 17.8 Å². The molecule has 2 aromatic carbocycles. The number of quaternary nitrogens is 1. The Balaban J connectivity index is 0.00000280. The molecule has 3 rings (SSSR count). The zero-order chi connectivity index (χ0) is 19.3. The van der Waals surface area contributed by atoms with Crippen molar-refractivity contribution in [2.75, 3.05) is 27.2 Å². The van der Waals surface area contributed by atoms with Crippen molar-refractivity contribution in [3.05, 3.63) is 64.7 Å². The molecule has 0 bridgehead atoms. The third kappa shape index (κ3) is 6.13. The number of fused-ring (bicyclic) bond motifs is 2.